The molecule has 1 fully saturated rings. The Balaban J connectivity index is 0.00000450. The highest BCUT2D eigenvalue weighted by atomic mass is 127. The highest BCUT2D eigenvalue weighted by Gasteiger charge is 2.25. The van der Waals surface area contributed by atoms with Gasteiger partial charge in [0.25, 0.3) is 0 Å². The van der Waals surface area contributed by atoms with Gasteiger partial charge in [-0.1, -0.05) is 12.1 Å². The summed E-state index contributed by atoms with van der Waals surface area (Å²) in [4.78, 5) is 18.3. The monoisotopic (exact) mass is 533 g/mol. The zero-order valence-electron chi connectivity index (χ0n) is 18.7. The lowest BCUT2D eigenvalue weighted by molar-refractivity contribution is 0.0527. The van der Waals surface area contributed by atoms with Crippen LogP contribution in [0.2, 0.25) is 0 Å². The van der Waals surface area contributed by atoms with Crippen LogP contribution in [0.3, 0.4) is 0 Å². The molecule has 1 aliphatic heterocycles. The van der Waals surface area contributed by atoms with Crippen LogP contribution in [0, 0.1) is 0 Å². The molecule has 0 bridgehead atoms. The lowest BCUT2D eigenvalue weighted by Crippen LogP contribution is -2.45. The number of ether oxygens (including phenoxy) is 2. The molecule has 0 aromatic heterocycles. The Kier molecular flexibility index (Phi) is 11.1. The first kappa shape index (κ1) is 26.1. The smallest absolute Gasteiger partial charge is 0.407 e. The molecule has 170 valence electrons. The van der Waals surface area contributed by atoms with E-state index in [1.54, 1.807) is 14.2 Å². The number of carbonyl (C=O) groups is 1. The average molecular weight is 533 g/mol. The van der Waals surface area contributed by atoms with Crippen LogP contribution in [0.15, 0.2) is 29.3 Å². The van der Waals surface area contributed by atoms with Gasteiger partial charge in [0.2, 0.25) is 0 Å². The predicted octanol–water partition coefficient (Wildman–Crippen LogP) is 2.97. The SMILES string of the molecule is CN=C(NCCCNC(=O)OC(C)(C)C)NC1CCN(c2ccccc2OC)C1.I. The number of guanidine groups is 1. The molecule has 0 radical (unpaired) electrons. The average Bonchev–Trinajstić information content (AvgIpc) is 3.13. The first-order valence-electron chi connectivity index (χ1n) is 10.1. The molecule has 9 heteroatoms. The van der Waals surface area contributed by atoms with Gasteiger partial charge in [-0.15, -0.1) is 24.0 Å². The van der Waals surface area contributed by atoms with E-state index in [-0.39, 0.29) is 30.1 Å². The lowest BCUT2D eigenvalue weighted by Gasteiger charge is -2.22. The van der Waals surface area contributed by atoms with Crippen molar-refractivity contribution in [2.45, 2.75) is 45.3 Å². The van der Waals surface area contributed by atoms with Crippen molar-refractivity contribution in [3.05, 3.63) is 24.3 Å². The Morgan fingerprint density at radius 2 is 1.93 bits per heavy atom. The zero-order chi connectivity index (χ0) is 21.3. The van der Waals surface area contributed by atoms with Crippen LogP contribution in [0.25, 0.3) is 0 Å². The van der Waals surface area contributed by atoms with E-state index in [0.29, 0.717) is 19.1 Å². The van der Waals surface area contributed by atoms with Crippen molar-refractivity contribution in [2.75, 3.05) is 45.2 Å². The molecular weight excluding hydrogens is 497 g/mol. The number of methoxy groups -OCH3 is 1. The van der Waals surface area contributed by atoms with Gasteiger partial charge >= 0.3 is 6.09 Å². The Morgan fingerprint density at radius 1 is 1.23 bits per heavy atom. The van der Waals surface area contributed by atoms with Gasteiger partial charge in [0.05, 0.1) is 12.8 Å². The minimum Gasteiger partial charge on any atom is -0.495 e. The van der Waals surface area contributed by atoms with E-state index in [4.69, 9.17) is 9.47 Å². The molecule has 30 heavy (non-hydrogen) atoms. The highest BCUT2D eigenvalue weighted by molar-refractivity contribution is 14.0. The van der Waals surface area contributed by atoms with E-state index < -0.39 is 5.60 Å². The molecule has 1 heterocycles. The van der Waals surface area contributed by atoms with Gasteiger partial charge in [-0.05, 0) is 45.7 Å². The number of hydrogen-bond donors (Lipinski definition) is 3. The molecular formula is C21H36IN5O3. The third-order valence-electron chi connectivity index (χ3n) is 4.49. The molecule has 0 spiro atoms. The molecule has 3 N–H and O–H groups in total. The van der Waals surface area contributed by atoms with Crippen molar-refractivity contribution in [3.8, 4) is 5.75 Å². The Morgan fingerprint density at radius 3 is 2.60 bits per heavy atom. The van der Waals surface area contributed by atoms with E-state index in [2.05, 4.69) is 31.9 Å². The molecule has 0 aliphatic carbocycles. The number of nitrogens with one attached hydrogen (secondary N) is 3. The van der Waals surface area contributed by atoms with Crippen LogP contribution in [-0.4, -0.2) is 64.0 Å². The van der Waals surface area contributed by atoms with Crippen molar-refractivity contribution in [1.82, 2.24) is 16.0 Å². The maximum absolute atomic E-state index is 11.6. The lowest BCUT2D eigenvalue weighted by atomic mass is 10.2. The summed E-state index contributed by atoms with van der Waals surface area (Å²) in [5.74, 6) is 1.67. The quantitative estimate of drug-likeness (QED) is 0.216. The fourth-order valence-corrected chi connectivity index (χ4v) is 3.18. The minimum atomic E-state index is -0.479. The third kappa shape index (κ3) is 8.85. The Labute approximate surface area is 197 Å². The van der Waals surface area contributed by atoms with Crippen molar-refractivity contribution in [1.29, 1.82) is 0 Å². The van der Waals surface area contributed by atoms with Crippen molar-refractivity contribution in [2.24, 2.45) is 4.99 Å². The second-order valence-electron chi connectivity index (χ2n) is 8.03. The maximum atomic E-state index is 11.6. The molecule has 0 saturated carbocycles. The van der Waals surface area contributed by atoms with Gasteiger partial charge in [0.15, 0.2) is 5.96 Å². The second kappa shape index (κ2) is 12.7. The van der Waals surface area contributed by atoms with Gasteiger partial charge in [0.1, 0.15) is 11.4 Å². The van der Waals surface area contributed by atoms with Gasteiger partial charge in [-0.2, -0.15) is 0 Å². The zero-order valence-corrected chi connectivity index (χ0v) is 21.0. The Bertz CT molecular complexity index is 693. The van der Waals surface area contributed by atoms with E-state index in [9.17, 15) is 4.79 Å². The van der Waals surface area contributed by atoms with E-state index in [0.717, 1.165) is 43.3 Å². The molecule has 1 aliphatic rings. The number of nitrogens with zero attached hydrogens (tertiary/aromatic N) is 2. The van der Waals surface area contributed by atoms with Gasteiger partial charge in [-0.25, -0.2) is 4.79 Å². The summed E-state index contributed by atoms with van der Waals surface area (Å²) in [6.45, 7) is 8.66. The number of amides is 1. The summed E-state index contributed by atoms with van der Waals surface area (Å²) < 4.78 is 10.7. The largest absolute Gasteiger partial charge is 0.495 e. The summed E-state index contributed by atoms with van der Waals surface area (Å²) in [6, 6.07) is 8.40. The first-order valence-corrected chi connectivity index (χ1v) is 10.1. The summed E-state index contributed by atoms with van der Waals surface area (Å²) in [5.41, 5.74) is 0.642. The summed E-state index contributed by atoms with van der Waals surface area (Å²) in [7, 11) is 3.47. The van der Waals surface area contributed by atoms with Crippen LogP contribution in [-0.2, 0) is 4.74 Å². The number of carbonyl (C=O) groups excluding carboxylic acids is 1. The second-order valence-corrected chi connectivity index (χ2v) is 8.03. The molecule has 8 nitrogen and oxygen atoms in total. The molecule has 1 aromatic carbocycles. The number of halogens is 1. The minimum absolute atomic E-state index is 0. The van der Waals surface area contributed by atoms with Crippen molar-refractivity contribution < 1.29 is 14.3 Å². The van der Waals surface area contributed by atoms with Gasteiger partial charge in [-0.3, -0.25) is 4.99 Å². The normalized spacial score (nSPS) is 16.5. The standard InChI is InChI=1S/C21H35N5O3.HI/c1-21(2,3)29-20(27)24-13-8-12-23-19(22-4)25-16-11-14-26(15-16)17-9-6-7-10-18(17)28-5;/h6-7,9-10,16H,8,11-15H2,1-5H3,(H,24,27)(H2,22,23,25);1H. The number of aliphatic imine (C=N–C) groups is 1. The highest BCUT2D eigenvalue weighted by Crippen LogP contribution is 2.30. The topological polar surface area (TPSA) is 87.2 Å². The molecule has 2 rings (SSSR count). The van der Waals surface area contributed by atoms with E-state index in [1.807, 2.05) is 39.0 Å². The predicted molar refractivity (Wildman–Crippen MR) is 132 cm³/mol. The van der Waals surface area contributed by atoms with E-state index >= 15 is 0 Å². The van der Waals surface area contributed by atoms with Gasteiger partial charge in [0, 0.05) is 39.3 Å². The molecule has 1 aromatic rings. The summed E-state index contributed by atoms with van der Waals surface area (Å²) >= 11 is 0. The molecule has 1 unspecified atom stereocenters. The maximum Gasteiger partial charge on any atom is 0.407 e. The molecule has 1 saturated heterocycles. The fourth-order valence-electron chi connectivity index (χ4n) is 3.18. The van der Waals surface area contributed by atoms with Crippen LogP contribution in [0.1, 0.15) is 33.6 Å². The van der Waals surface area contributed by atoms with Crippen LogP contribution >= 0.6 is 24.0 Å². The number of hydrogen-bond acceptors (Lipinski definition) is 5. The third-order valence-corrected chi connectivity index (χ3v) is 4.49. The number of para-hydroxylation sites is 2. The van der Waals surface area contributed by atoms with Crippen LogP contribution in [0.5, 0.6) is 5.75 Å². The summed E-state index contributed by atoms with van der Waals surface area (Å²) in [5, 5.41) is 9.54. The molecule has 1 amide bonds. The number of benzene rings is 1. The molecule has 1 atom stereocenters. The Hall–Kier alpha value is -1.91. The fraction of sp³-hybridized carbons (Fsp3) is 0.619. The van der Waals surface area contributed by atoms with E-state index in [1.165, 1.54) is 0 Å². The first-order chi connectivity index (χ1) is 13.8. The van der Waals surface area contributed by atoms with Crippen molar-refractivity contribution >= 4 is 41.7 Å². The van der Waals surface area contributed by atoms with Crippen LogP contribution in [0.4, 0.5) is 10.5 Å². The van der Waals surface area contributed by atoms with Gasteiger partial charge < -0.3 is 30.3 Å². The number of anilines is 1. The summed E-state index contributed by atoms with van der Waals surface area (Å²) in [6.07, 6.45) is 1.42. The number of alkyl carbamates (subject to hydrolysis) is 1. The number of rotatable bonds is 7. The van der Waals surface area contributed by atoms with Crippen molar-refractivity contribution in [3.63, 3.8) is 0 Å². The van der Waals surface area contributed by atoms with Crippen LogP contribution < -0.4 is 25.6 Å².